The van der Waals surface area contributed by atoms with Gasteiger partial charge in [-0.1, -0.05) is 23.7 Å². The minimum absolute atomic E-state index is 0.0215. The summed E-state index contributed by atoms with van der Waals surface area (Å²) >= 11 is 11.2. The van der Waals surface area contributed by atoms with Crippen LogP contribution in [0.2, 0.25) is 5.02 Å². The van der Waals surface area contributed by atoms with Crippen molar-refractivity contribution >= 4 is 69.2 Å². The summed E-state index contributed by atoms with van der Waals surface area (Å²) in [6.07, 6.45) is 1.58. The lowest BCUT2D eigenvalue weighted by Gasteiger charge is -2.28. The van der Waals surface area contributed by atoms with Crippen molar-refractivity contribution in [2.24, 2.45) is 7.05 Å². The van der Waals surface area contributed by atoms with Crippen LogP contribution in [0.15, 0.2) is 54.1 Å². The van der Waals surface area contributed by atoms with Crippen LogP contribution in [-0.4, -0.2) is 31.1 Å². The van der Waals surface area contributed by atoms with Crippen LogP contribution >= 0.6 is 23.8 Å². The van der Waals surface area contributed by atoms with E-state index >= 15 is 0 Å². The van der Waals surface area contributed by atoms with Gasteiger partial charge in [0.15, 0.2) is 5.11 Å². The first-order valence-corrected chi connectivity index (χ1v) is 10.2. The maximum Gasteiger partial charge on any atom is 0.270 e. The molecule has 31 heavy (non-hydrogen) atoms. The quantitative estimate of drug-likeness (QED) is 0.288. The fourth-order valence-corrected chi connectivity index (χ4v) is 4.26. The monoisotopic (exact) mass is 449 g/mol. The Bertz CT molecular complexity index is 1450. The molecule has 3 heterocycles. The minimum atomic E-state index is -0.544. The van der Waals surface area contributed by atoms with Gasteiger partial charge >= 0.3 is 0 Å². The van der Waals surface area contributed by atoms with Crippen LogP contribution < -0.4 is 10.2 Å². The zero-order valence-electron chi connectivity index (χ0n) is 16.6. The zero-order chi connectivity index (χ0) is 21.9. The molecule has 1 fully saturated rings. The number of nitrogens with zero attached hydrogens (tertiary/aromatic N) is 4. The summed E-state index contributed by atoms with van der Waals surface area (Å²) in [5, 5.41) is 7.80. The molecule has 154 valence electrons. The number of fused-ring (bicyclic) bond motifs is 3. The van der Waals surface area contributed by atoms with Crippen LogP contribution in [0, 0.1) is 6.92 Å². The van der Waals surface area contributed by atoms with Crippen LogP contribution in [0.25, 0.3) is 22.8 Å². The lowest BCUT2D eigenvalue weighted by Crippen LogP contribution is -2.54. The number of anilines is 1. The van der Waals surface area contributed by atoms with Crippen LogP contribution in [-0.2, 0) is 16.6 Å². The van der Waals surface area contributed by atoms with Gasteiger partial charge in [-0.25, -0.2) is 4.52 Å². The van der Waals surface area contributed by atoms with Gasteiger partial charge in [0, 0.05) is 17.6 Å². The number of carbonyl (C=O) groups is 2. The van der Waals surface area contributed by atoms with E-state index in [0.717, 1.165) is 16.7 Å². The normalized spacial score (nSPS) is 16.0. The van der Waals surface area contributed by atoms with E-state index in [2.05, 4.69) is 10.4 Å². The smallest absolute Gasteiger partial charge is 0.270 e. The Labute approximate surface area is 187 Å². The van der Waals surface area contributed by atoms with Gasteiger partial charge in [0.05, 0.1) is 22.4 Å². The molecule has 0 radical (unpaired) electrons. The van der Waals surface area contributed by atoms with Crippen molar-refractivity contribution < 1.29 is 9.59 Å². The fourth-order valence-electron chi connectivity index (χ4n) is 3.85. The van der Waals surface area contributed by atoms with E-state index in [9.17, 15) is 9.59 Å². The number of halogens is 1. The highest BCUT2D eigenvalue weighted by Crippen LogP contribution is 2.28. The summed E-state index contributed by atoms with van der Waals surface area (Å²) in [5.41, 5.74) is 4.62. The molecule has 1 aliphatic rings. The number of imidazole rings is 1. The maximum atomic E-state index is 13.3. The number of carbonyl (C=O) groups excluding carboxylic acids is 2. The standard InChI is InChI=1S/C22H16ClN5O2S/c1-12-15(20-26(2)17-5-3-4-6-18(17)28(20)25-12)11-16-19(29)24-22(31)27(21(16)30)14-9-7-13(23)8-10-14/h3-11H,1-2H3,(H,24,29,31). The van der Waals surface area contributed by atoms with Crippen molar-refractivity contribution in [1.29, 1.82) is 0 Å². The van der Waals surface area contributed by atoms with Crippen LogP contribution in [0.1, 0.15) is 11.3 Å². The van der Waals surface area contributed by atoms with E-state index in [0.29, 0.717) is 22.0 Å². The summed E-state index contributed by atoms with van der Waals surface area (Å²) in [7, 11) is 1.93. The summed E-state index contributed by atoms with van der Waals surface area (Å²) < 4.78 is 3.82. The molecule has 0 saturated carbocycles. The molecule has 0 unspecified atom stereocenters. The highest BCUT2D eigenvalue weighted by Gasteiger charge is 2.35. The SMILES string of the molecule is Cc1nn2c3ccccc3n(C)c2c1C=C1C(=O)NC(=S)N(c2ccc(Cl)cc2)C1=O. The highest BCUT2D eigenvalue weighted by molar-refractivity contribution is 7.80. The van der Waals surface area contributed by atoms with E-state index in [-0.39, 0.29) is 10.7 Å². The number of amides is 2. The molecule has 1 N–H and O–H groups in total. The first-order chi connectivity index (χ1) is 14.9. The van der Waals surface area contributed by atoms with E-state index in [4.69, 9.17) is 23.8 Å². The average molecular weight is 450 g/mol. The number of benzene rings is 2. The molecule has 2 amide bonds. The molecule has 2 aromatic heterocycles. The van der Waals surface area contributed by atoms with Crippen molar-refractivity contribution in [2.75, 3.05) is 4.90 Å². The predicted octanol–water partition coefficient (Wildman–Crippen LogP) is 3.62. The molecule has 1 saturated heterocycles. The summed E-state index contributed by atoms with van der Waals surface area (Å²) in [6.45, 7) is 1.85. The summed E-state index contributed by atoms with van der Waals surface area (Å²) in [5.74, 6) is -1.05. The fraction of sp³-hybridized carbons (Fsp3) is 0.0909. The number of hydrogen-bond acceptors (Lipinski definition) is 4. The third kappa shape index (κ3) is 2.95. The van der Waals surface area contributed by atoms with E-state index in [1.807, 2.05) is 47.3 Å². The third-order valence-corrected chi connectivity index (χ3v) is 5.88. The van der Waals surface area contributed by atoms with Gasteiger partial charge in [-0.05, 0) is 61.6 Å². The van der Waals surface area contributed by atoms with Gasteiger partial charge in [-0.2, -0.15) is 5.10 Å². The lowest BCUT2D eigenvalue weighted by molar-refractivity contribution is -0.122. The van der Waals surface area contributed by atoms with Gasteiger partial charge in [0.25, 0.3) is 11.8 Å². The summed E-state index contributed by atoms with van der Waals surface area (Å²) in [4.78, 5) is 27.3. The molecule has 7 nitrogen and oxygen atoms in total. The van der Waals surface area contributed by atoms with Crippen molar-refractivity contribution in [3.8, 4) is 0 Å². The minimum Gasteiger partial charge on any atom is -0.327 e. The average Bonchev–Trinajstić information content (AvgIpc) is 3.21. The number of nitrogens with one attached hydrogen (secondary N) is 1. The first kappa shape index (κ1) is 19.5. The molecule has 2 aromatic carbocycles. The third-order valence-electron chi connectivity index (χ3n) is 5.35. The summed E-state index contributed by atoms with van der Waals surface area (Å²) in [6, 6.07) is 14.5. The van der Waals surface area contributed by atoms with Crippen LogP contribution in [0.3, 0.4) is 0 Å². The molecular formula is C22H16ClN5O2S. The van der Waals surface area contributed by atoms with E-state index in [1.165, 1.54) is 4.90 Å². The van der Waals surface area contributed by atoms with Crippen molar-refractivity contribution in [3.63, 3.8) is 0 Å². The first-order valence-electron chi connectivity index (χ1n) is 9.46. The lowest BCUT2D eigenvalue weighted by atomic mass is 10.1. The van der Waals surface area contributed by atoms with Crippen LogP contribution in [0.5, 0.6) is 0 Å². The number of thiocarbonyl (C=S) groups is 1. The molecule has 0 bridgehead atoms. The molecule has 0 atom stereocenters. The number of aromatic nitrogens is 3. The van der Waals surface area contributed by atoms with Crippen molar-refractivity contribution in [1.82, 2.24) is 19.5 Å². The van der Waals surface area contributed by atoms with Crippen LogP contribution in [0.4, 0.5) is 5.69 Å². The molecule has 1 aliphatic heterocycles. The molecule has 4 aromatic rings. The molecule has 0 aliphatic carbocycles. The Balaban J connectivity index is 1.67. The second kappa shape index (κ2) is 7.04. The van der Waals surface area contributed by atoms with Crippen molar-refractivity contribution in [2.45, 2.75) is 6.92 Å². The number of aryl methyl sites for hydroxylation is 2. The topological polar surface area (TPSA) is 71.6 Å². The Morgan fingerprint density at radius 2 is 1.74 bits per heavy atom. The van der Waals surface area contributed by atoms with Gasteiger partial charge in [0.1, 0.15) is 11.2 Å². The Morgan fingerprint density at radius 1 is 1.06 bits per heavy atom. The maximum absolute atomic E-state index is 13.3. The number of rotatable bonds is 2. The van der Waals surface area contributed by atoms with Gasteiger partial charge in [0.2, 0.25) is 0 Å². The Kier molecular flexibility index (Phi) is 4.42. The second-order valence-corrected chi connectivity index (χ2v) is 8.04. The van der Waals surface area contributed by atoms with E-state index < -0.39 is 11.8 Å². The highest BCUT2D eigenvalue weighted by atomic mass is 35.5. The van der Waals surface area contributed by atoms with E-state index in [1.54, 1.807) is 30.3 Å². The molecule has 0 spiro atoms. The molecular weight excluding hydrogens is 434 g/mol. The Hall–Kier alpha value is -3.49. The molecule has 5 rings (SSSR count). The van der Waals surface area contributed by atoms with Gasteiger partial charge < -0.3 is 4.57 Å². The second-order valence-electron chi connectivity index (χ2n) is 7.22. The number of hydrogen-bond donors (Lipinski definition) is 1. The predicted molar refractivity (Wildman–Crippen MR) is 124 cm³/mol. The molecule has 9 heteroatoms. The number of para-hydroxylation sites is 2. The Morgan fingerprint density at radius 3 is 2.45 bits per heavy atom. The largest absolute Gasteiger partial charge is 0.327 e. The van der Waals surface area contributed by atoms with Gasteiger partial charge in [-0.3, -0.25) is 19.8 Å². The van der Waals surface area contributed by atoms with Crippen molar-refractivity contribution in [3.05, 3.63) is 70.4 Å². The van der Waals surface area contributed by atoms with Gasteiger partial charge in [-0.15, -0.1) is 0 Å². The zero-order valence-corrected chi connectivity index (χ0v) is 18.2.